The molecule has 0 saturated heterocycles. The van der Waals surface area contributed by atoms with Crippen LogP contribution in [-0.4, -0.2) is 32.4 Å². The van der Waals surface area contributed by atoms with Crippen LogP contribution < -0.4 is 5.32 Å². The van der Waals surface area contributed by atoms with E-state index in [9.17, 15) is 8.42 Å². The highest BCUT2D eigenvalue weighted by atomic mass is 32.2. The maximum atomic E-state index is 12.8. The summed E-state index contributed by atoms with van der Waals surface area (Å²) in [5.74, 6) is 0. The Bertz CT molecular complexity index is 500. The fraction of sp³-hybridized carbons (Fsp3) is 0.600. The lowest BCUT2D eigenvalue weighted by Crippen LogP contribution is -2.32. The summed E-state index contributed by atoms with van der Waals surface area (Å²) < 4.78 is 27.1. The minimum atomic E-state index is -3.39. The maximum absolute atomic E-state index is 12.8. The number of unbranched alkanes of at least 4 members (excludes halogenated alkanes) is 1. The summed E-state index contributed by atoms with van der Waals surface area (Å²) in [5.41, 5.74) is 0.837. The molecule has 0 aliphatic carbocycles. The molecule has 4 nitrogen and oxygen atoms in total. The van der Waals surface area contributed by atoms with Crippen LogP contribution in [0.25, 0.3) is 0 Å². The van der Waals surface area contributed by atoms with Crippen molar-refractivity contribution in [3.63, 3.8) is 0 Å². The monoisotopic (exact) mass is 298 g/mol. The van der Waals surface area contributed by atoms with Gasteiger partial charge in [0, 0.05) is 19.6 Å². The summed E-state index contributed by atoms with van der Waals surface area (Å²) in [7, 11) is -3.39. The molecular formula is C15H26N2O2S. The first-order chi connectivity index (χ1) is 9.57. The average molecular weight is 298 g/mol. The van der Waals surface area contributed by atoms with Crippen molar-refractivity contribution >= 4 is 10.0 Å². The molecule has 114 valence electrons. The number of hydrogen-bond acceptors (Lipinski definition) is 3. The fourth-order valence-corrected chi connectivity index (χ4v) is 3.79. The van der Waals surface area contributed by atoms with Gasteiger partial charge in [0.15, 0.2) is 0 Å². The molecule has 0 radical (unpaired) electrons. The Labute approximate surface area is 123 Å². The highest BCUT2D eigenvalue weighted by Crippen LogP contribution is 2.20. The lowest BCUT2D eigenvalue weighted by Gasteiger charge is -2.22. The number of hydrogen-bond donors (Lipinski definition) is 1. The van der Waals surface area contributed by atoms with Gasteiger partial charge in [-0.2, -0.15) is 4.31 Å². The van der Waals surface area contributed by atoms with Gasteiger partial charge in [-0.1, -0.05) is 45.4 Å². The quantitative estimate of drug-likeness (QED) is 0.762. The van der Waals surface area contributed by atoms with E-state index in [4.69, 9.17) is 0 Å². The van der Waals surface area contributed by atoms with E-state index in [0.29, 0.717) is 24.5 Å². The smallest absolute Gasteiger partial charge is 0.243 e. The third-order valence-corrected chi connectivity index (χ3v) is 5.34. The van der Waals surface area contributed by atoms with Gasteiger partial charge < -0.3 is 5.32 Å². The average Bonchev–Trinajstić information content (AvgIpc) is 2.46. The molecule has 0 atom stereocenters. The molecule has 0 amide bonds. The van der Waals surface area contributed by atoms with Crippen LogP contribution in [0.5, 0.6) is 0 Å². The Morgan fingerprint density at radius 3 is 2.45 bits per heavy atom. The first-order valence-corrected chi connectivity index (χ1v) is 8.80. The predicted molar refractivity (Wildman–Crippen MR) is 83.2 cm³/mol. The molecule has 0 saturated carbocycles. The van der Waals surface area contributed by atoms with Crippen LogP contribution in [0.4, 0.5) is 0 Å². The zero-order valence-electron chi connectivity index (χ0n) is 12.7. The van der Waals surface area contributed by atoms with E-state index in [1.807, 2.05) is 26.0 Å². The first-order valence-electron chi connectivity index (χ1n) is 7.36. The summed E-state index contributed by atoms with van der Waals surface area (Å²) in [6, 6.07) is 7.25. The summed E-state index contributed by atoms with van der Waals surface area (Å²) in [6.07, 6.45) is 1.88. The van der Waals surface area contributed by atoms with Crippen molar-refractivity contribution in [1.82, 2.24) is 9.62 Å². The van der Waals surface area contributed by atoms with Crippen molar-refractivity contribution in [2.24, 2.45) is 0 Å². The number of benzene rings is 1. The second-order valence-electron chi connectivity index (χ2n) is 4.74. The van der Waals surface area contributed by atoms with E-state index in [1.165, 1.54) is 0 Å². The zero-order chi connectivity index (χ0) is 15.0. The summed E-state index contributed by atoms with van der Waals surface area (Å²) >= 11 is 0. The van der Waals surface area contributed by atoms with Crippen molar-refractivity contribution in [3.05, 3.63) is 29.8 Å². The van der Waals surface area contributed by atoms with Gasteiger partial charge in [0.05, 0.1) is 4.90 Å². The molecule has 0 unspecified atom stereocenters. The van der Waals surface area contributed by atoms with Gasteiger partial charge >= 0.3 is 0 Å². The third kappa shape index (κ3) is 4.30. The van der Waals surface area contributed by atoms with Gasteiger partial charge in [-0.05, 0) is 24.6 Å². The Balaban J connectivity index is 3.06. The van der Waals surface area contributed by atoms with E-state index in [1.54, 1.807) is 16.4 Å². The standard InChI is InChI=1S/C15H26N2O2S/c1-4-7-12-17(6-3)20(18,19)15-11-9-8-10-14(15)13-16-5-2/h8-11,16H,4-7,12-13H2,1-3H3. The van der Waals surface area contributed by atoms with Gasteiger partial charge in [0.2, 0.25) is 10.0 Å². The van der Waals surface area contributed by atoms with Crippen LogP contribution in [-0.2, 0) is 16.6 Å². The topological polar surface area (TPSA) is 49.4 Å². The molecule has 1 N–H and O–H groups in total. The van der Waals surface area contributed by atoms with E-state index in [0.717, 1.165) is 24.9 Å². The minimum Gasteiger partial charge on any atom is -0.313 e. The highest BCUT2D eigenvalue weighted by Gasteiger charge is 2.24. The number of nitrogens with zero attached hydrogens (tertiary/aromatic N) is 1. The minimum absolute atomic E-state index is 0.430. The van der Waals surface area contributed by atoms with Crippen molar-refractivity contribution in [2.45, 2.75) is 45.1 Å². The first kappa shape index (κ1) is 17.1. The normalized spacial score (nSPS) is 12.0. The number of sulfonamides is 1. The van der Waals surface area contributed by atoms with Crippen LogP contribution in [0.15, 0.2) is 29.2 Å². The molecule has 20 heavy (non-hydrogen) atoms. The molecule has 0 heterocycles. The fourth-order valence-electron chi connectivity index (χ4n) is 2.08. The molecule has 5 heteroatoms. The van der Waals surface area contributed by atoms with Gasteiger partial charge in [0.25, 0.3) is 0 Å². The lowest BCUT2D eigenvalue weighted by atomic mass is 10.2. The van der Waals surface area contributed by atoms with Gasteiger partial charge in [-0.15, -0.1) is 0 Å². The molecule has 0 aromatic heterocycles. The number of rotatable bonds is 9. The molecule has 0 spiro atoms. The Kier molecular flexibility index (Phi) is 7.19. The second-order valence-corrected chi connectivity index (χ2v) is 6.64. The third-order valence-electron chi connectivity index (χ3n) is 3.27. The van der Waals surface area contributed by atoms with Gasteiger partial charge in [-0.3, -0.25) is 0 Å². The summed E-state index contributed by atoms with van der Waals surface area (Å²) in [6.45, 7) is 8.47. The van der Waals surface area contributed by atoms with Crippen LogP contribution in [0.1, 0.15) is 39.2 Å². The largest absolute Gasteiger partial charge is 0.313 e. The second kappa shape index (κ2) is 8.39. The van der Waals surface area contributed by atoms with Crippen LogP contribution in [0.3, 0.4) is 0 Å². The van der Waals surface area contributed by atoms with Crippen molar-refractivity contribution in [2.75, 3.05) is 19.6 Å². The number of nitrogens with one attached hydrogen (secondary N) is 1. The highest BCUT2D eigenvalue weighted by molar-refractivity contribution is 7.89. The van der Waals surface area contributed by atoms with Crippen molar-refractivity contribution in [3.8, 4) is 0 Å². The molecule has 1 rings (SSSR count). The van der Waals surface area contributed by atoms with Gasteiger partial charge in [0.1, 0.15) is 0 Å². The molecule has 0 bridgehead atoms. The lowest BCUT2D eigenvalue weighted by molar-refractivity contribution is 0.418. The Morgan fingerprint density at radius 2 is 1.85 bits per heavy atom. The van der Waals surface area contributed by atoms with Crippen molar-refractivity contribution < 1.29 is 8.42 Å². The molecule has 0 aliphatic rings. The van der Waals surface area contributed by atoms with Gasteiger partial charge in [-0.25, -0.2) is 8.42 Å². The van der Waals surface area contributed by atoms with Crippen LogP contribution in [0.2, 0.25) is 0 Å². The Morgan fingerprint density at radius 1 is 1.15 bits per heavy atom. The summed E-state index contributed by atoms with van der Waals surface area (Å²) in [4.78, 5) is 0.430. The molecule has 1 aromatic carbocycles. The zero-order valence-corrected chi connectivity index (χ0v) is 13.5. The van der Waals surface area contributed by atoms with E-state index in [2.05, 4.69) is 12.2 Å². The van der Waals surface area contributed by atoms with E-state index < -0.39 is 10.0 Å². The summed E-state index contributed by atoms with van der Waals surface area (Å²) in [5, 5.41) is 3.19. The van der Waals surface area contributed by atoms with E-state index >= 15 is 0 Å². The van der Waals surface area contributed by atoms with E-state index in [-0.39, 0.29) is 0 Å². The molecule has 0 fully saturated rings. The van der Waals surface area contributed by atoms with Crippen molar-refractivity contribution in [1.29, 1.82) is 0 Å². The predicted octanol–water partition coefficient (Wildman–Crippen LogP) is 2.61. The maximum Gasteiger partial charge on any atom is 0.243 e. The van der Waals surface area contributed by atoms with Crippen LogP contribution >= 0.6 is 0 Å². The molecular weight excluding hydrogens is 272 g/mol. The van der Waals surface area contributed by atoms with Crippen LogP contribution in [0, 0.1) is 0 Å². The molecule has 0 aliphatic heterocycles. The molecule has 1 aromatic rings. The Hall–Kier alpha value is -0.910. The SMILES string of the molecule is CCCCN(CC)S(=O)(=O)c1ccccc1CNCC.